The summed E-state index contributed by atoms with van der Waals surface area (Å²) >= 11 is 5.82. The van der Waals surface area contributed by atoms with Crippen molar-refractivity contribution in [2.24, 2.45) is 5.14 Å². The van der Waals surface area contributed by atoms with Crippen LogP contribution in [0.15, 0.2) is 33.8 Å². The first-order valence-electron chi connectivity index (χ1n) is 6.25. The topological polar surface area (TPSA) is 160 Å². The maximum atomic E-state index is 11.6. The molecule has 0 aliphatic rings. The van der Waals surface area contributed by atoms with Gasteiger partial charge in [-0.3, -0.25) is 0 Å². The lowest BCUT2D eigenvalue weighted by Crippen LogP contribution is -2.22. The summed E-state index contributed by atoms with van der Waals surface area (Å²) < 4.78 is 28.3. The molecule has 5 N–H and O–H groups in total. The standard InChI is InChI=1S/C13H11ClN2O7S/c14-7-4-8(16-5-6-2-1-3-23-6)9(12(17)18)10(13(19)20)11(7)24(15,21)22/h1-4,16H,5H2,(H,17,18)(H,19,20)(H2,15,21,22). The van der Waals surface area contributed by atoms with E-state index in [0.717, 1.165) is 6.07 Å². The molecule has 0 spiro atoms. The second-order valence-corrected chi connectivity index (χ2v) is 6.48. The van der Waals surface area contributed by atoms with E-state index in [9.17, 15) is 28.2 Å². The van der Waals surface area contributed by atoms with Crippen molar-refractivity contribution >= 4 is 39.3 Å². The minimum Gasteiger partial charge on any atom is -0.478 e. The molecule has 0 saturated heterocycles. The number of sulfonamides is 1. The fraction of sp³-hybridized carbons (Fsp3) is 0.0769. The highest BCUT2D eigenvalue weighted by molar-refractivity contribution is 7.89. The third-order valence-electron chi connectivity index (χ3n) is 2.98. The zero-order chi connectivity index (χ0) is 18.1. The van der Waals surface area contributed by atoms with Gasteiger partial charge in [0.2, 0.25) is 10.0 Å². The predicted octanol–water partition coefficient (Wildman–Crippen LogP) is 1.59. The summed E-state index contributed by atoms with van der Waals surface area (Å²) in [5.74, 6) is -3.01. The van der Waals surface area contributed by atoms with Crippen molar-refractivity contribution in [3.63, 3.8) is 0 Å². The Morgan fingerprint density at radius 1 is 1.25 bits per heavy atom. The molecule has 1 aromatic carbocycles. The zero-order valence-corrected chi connectivity index (χ0v) is 13.4. The molecule has 0 radical (unpaired) electrons. The minimum absolute atomic E-state index is 0.0252. The van der Waals surface area contributed by atoms with Crippen LogP contribution in [0.4, 0.5) is 5.69 Å². The Kier molecular flexibility index (Phi) is 4.83. The van der Waals surface area contributed by atoms with Gasteiger partial charge in [0.25, 0.3) is 0 Å². The van der Waals surface area contributed by atoms with E-state index in [4.69, 9.17) is 21.2 Å². The second kappa shape index (κ2) is 6.51. The molecule has 24 heavy (non-hydrogen) atoms. The number of nitrogens with one attached hydrogen (secondary N) is 1. The third kappa shape index (κ3) is 3.50. The van der Waals surface area contributed by atoms with E-state index < -0.39 is 43.0 Å². The highest BCUT2D eigenvalue weighted by Gasteiger charge is 2.31. The van der Waals surface area contributed by atoms with Crippen LogP contribution in [0.3, 0.4) is 0 Å². The molecule has 9 nitrogen and oxygen atoms in total. The number of carbonyl (C=O) groups is 2. The van der Waals surface area contributed by atoms with E-state index in [1.807, 2.05) is 0 Å². The van der Waals surface area contributed by atoms with E-state index in [1.165, 1.54) is 6.26 Å². The van der Waals surface area contributed by atoms with E-state index in [1.54, 1.807) is 12.1 Å². The minimum atomic E-state index is -4.56. The van der Waals surface area contributed by atoms with Gasteiger partial charge in [0.15, 0.2) is 0 Å². The van der Waals surface area contributed by atoms with Crippen LogP contribution in [0, 0.1) is 0 Å². The van der Waals surface area contributed by atoms with Crippen molar-refractivity contribution in [1.29, 1.82) is 0 Å². The summed E-state index contributed by atoms with van der Waals surface area (Å²) in [6.45, 7) is 0.0252. The normalized spacial score (nSPS) is 11.2. The number of benzene rings is 1. The van der Waals surface area contributed by atoms with Crippen LogP contribution >= 0.6 is 11.6 Å². The van der Waals surface area contributed by atoms with Crippen molar-refractivity contribution in [3.8, 4) is 0 Å². The van der Waals surface area contributed by atoms with E-state index in [0.29, 0.717) is 5.76 Å². The third-order valence-corrected chi connectivity index (χ3v) is 4.38. The van der Waals surface area contributed by atoms with Gasteiger partial charge >= 0.3 is 11.9 Å². The van der Waals surface area contributed by atoms with E-state index in [-0.39, 0.29) is 12.2 Å². The molecule has 2 aromatic rings. The summed E-state index contributed by atoms with van der Waals surface area (Å²) in [7, 11) is -4.56. The van der Waals surface area contributed by atoms with Gasteiger partial charge in [-0.25, -0.2) is 23.1 Å². The molecule has 128 valence electrons. The Morgan fingerprint density at radius 2 is 1.88 bits per heavy atom. The Bertz CT molecular complexity index is 907. The molecule has 0 amide bonds. The number of carboxylic acid groups (broad SMARTS) is 2. The molecule has 0 bridgehead atoms. The van der Waals surface area contributed by atoms with Crippen molar-refractivity contribution in [2.45, 2.75) is 11.4 Å². The molecule has 0 aliphatic carbocycles. The van der Waals surface area contributed by atoms with Crippen LogP contribution in [-0.2, 0) is 16.6 Å². The first-order valence-corrected chi connectivity index (χ1v) is 8.17. The zero-order valence-electron chi connectivity index (χ0n) is 11.8. The molecule has 0 fully saturated rings. The fourth-order valence-electron chi connectivity index (χ4n) is 2.07. The van der Waals surface area contributed by atoms with Crippen LogP contribution in [-0.4, -0.2) is 30.6 Å². The summed E-state index contributed by atoms with van der Waals surface area (Å²) in [6, 6.07) is 4.20. The van der Waals surface area contributed by atoms with Gasteiger partial charge in [-0.05, 0) is 18.2 Å². The number of hydrogen-bond acceptors (Lipinski definition) is 6. The van der Waals surface area contributed by atoms with E-state index in [2.05, 4.69) is 5.32 Å². The van der Waals surface area contributed by atoms with Gasteiger partial charge in [0.05, 0.1) is 34.6 Å². The molecule has 1 aromatic heterocycles. The van der Waals surface area contributed by atoms with Gasteiger partial charge in [0, 0.05) is 0 Å². The van der Waals surface area contributed by atoms with Crippen LogP contribution < -0.4 is 10.5 Å². The molecular weight excluding hydrogens is 364 g/mol. The fourth-order valence-corrected chi connectivity index (χ4v) is 3.40. The maximum absolute atomic E-state index is 11.6. The smallest absolute Gasteiger partial charge is 0.338 e. The Balaban J connectivity index is 2.68. The Labute approximate surface area is 140 Å². The Morgan fingerprint density at radius 3 is 2.33 bits per heavy atom. The SMILES string of the molecule is NS(=O)(=O)c1c(Cl)cc(NCc2ccco2)c(C(=O)O)c1C(=O)O. The summed E-state index contributed by atoms with van der Waals surface area (Å²) in [4.78, 5) is 22.0. The number of anilines is 1. The quantitative estimate of drug-likeness (QED) is 0.592. The van der Waals surface area contributed by atoms with Gasteiger partial charge in [-0.1, -0.05) is 11.6 Å². The van der Waals surface area contributed by atoms with Crippen LogP contribution in [0.5, 0.6) is 0 Å². The summed E-state index contributed by atoms with van der Waals surface area (Å²) in [5.41, 5.74) is -1.98. The lowest BCUT2D eigenvalue weighted by Gasteiger charge is -2.15. The molecule has 0 saturated carbocycles. The predicted molar refractivity (Wildman–Crippen MR) is 82.8 cm³/mol. The van der Waals surface area contributed by atoms with Crippen molar-refractivity contribution in [1.82, 2.24) is 0 Å². The van der Waals surface area contributed by atoms with Gasteiger partial charge < -0.3 is 19.9 Å². The average Bonchev–Trinajstić information content (AvgIpc) is 2.95. The summed E-state index contributed by atoms with van der Waals surface area (Å²) in [5, 5.41) is 25.7. The number of nitrogens with two attached hydrogens (primary N) is 1. The molecule has 2 rings (SSSR count). The van der Waals surface area contributed by atoms with Crippen molar-refractivity contribution in [2.75, 3.05) is 5.32 Å². The summed E-state index contributed by atoms with van der Waals surface area (Å²) in [6.07, 6.45) is 1.40. The number of furan rings is 1. The number of rotatable bonds is 6. The van der Waals surface area contributed by atoms with Crippen molar-refractivity contribution < 1.29 is 32.6 Å². The monoisotopic (exact) mass is 374 g/mol. The van der Waals surface area contributed by atoms with Gasteiger partial charge in [0.1, 0.15) is 10.7 Å². The number of carboxylic acids is 2. The first kappa shape index (κ1) is 17.8. The molecule has 11 heteroatoms. The van der Waals surface area contributed by atoms with Crippen LogP contribution in [0.2, 0.25) is 5.02 Å². The van der Waals surface area contributed by atoms with E-state index >= 15 is 0 Å². The lowest BCUT2D eigenvalue weighted by atomic mass is 10.0. The highest BCUT2D eigenvalue weighted by atomic mass is 35.5. The second-order valence-electron chi connectivity index (χ2n) is 4.57. The van der Waals surface area contributed by atoms with Gasteiger partial charge in [-0.2, -0.15) is 0 Å². The first-order chi connectivity index (χ1) is 11.1. The Hall–Kier alpha value is -2.56. The highest BCUT2D eigenvalue weighted by Crippen LogP contribution is 2.33. The number of hydrogen-bond donors (Lipinski definition) is 4. The maximum Gasteiger partial charge on any atom is 0.338 e. The number of halogens is 1. The largest absolute Gasteiger partial charge is 0.478 e. The van der Waals surface area contributed by atoms with Crippen molar-refractivity contribution in [3.05, 3.63) is 46.4 Å². The number of primary sulfonamides is 1. The molecular formula is C13H11ClN2O7S. The van der Waals surface area contributed by atoms with Crippen LogP contribution in [0.25, 0.3) is 0 Å². The number of aromatic carboxylic acids is 2. The molecule has 1 heterocycles. The van der Waals surface area contributed by atoms with Gasteiger partial charge in [-0.15, -0.1) is 0 Å². The molecule has 0 aliphatic heterocycles. The molecule has 0 atom stereocenters. The lowest BCUT2D eigenvalue weighted by molar-refractivity contribution is 0.0649. The molecule has 0 unspecified atom stereocenters. The van der Waals surface area contributed by atoms with Crippen LogP contribution in [0.1, 0.15) is 26.5 Å². The average molecular weight is 375 g/mol.